The SMILES string of the molecule is CSCCC(NC(=O)C(Cc1ccccc1)NC(=O)CNC(=O)CNC(=O)C(N)Cc1ccc(O)cc1)C(=O)NC(CCCN=C(N)N)C(=O)NC(CCCN=C(N)N)C(=O)NCC(=O)O. The average Bonchev–Trinajstić information content (AvgIpc) is 3.27. The van der Waals surface area contributed by atoms with Gasteiger partial charge in [-0.25, -0.2) is 0 Å². The van der Waals surface area contributed by atoms with Gasteiger partial charge in [-0.15, -0.1) is 0 Å². The monoisotopic (exact) mass is 942 g/mol. The van der Waals surface area contributed by atoms with E-state index in [9.17, 15) is 43.5 Å². The molecular formula is C41H62N14O10S. The number of nitrogens with zero attached hydrogens (tertiary/aromatic N) is 2. The first-order valence-corrected chi connectivity index (χ1v) is 22.2. The fraction of sp³-hybridized carbons (Fsp3) is 0.463. The molecule has 0 heterocycles. The maximum atomic E-state index is 14.0. The van der Waals surface area contributed by atoms with Crippen LogP contribution in [0.3, 0.4) is 0 Å². The van der Waals surface area contributed by atoms with Crippen molar-refractivity contribution in [1.29, 1.82) is 0 Å². The van der Waals surface area contributed by atoms with Crippen molar-refractivity contribution >= 4 is 71.0 Å². The summed E-state index contributed by atoms with van der Waals surface area (Å²) in [6, 6.07) is 8.70. The van der Waals surface area contributed by atoms with Crippen LogP contribution in [0.25, 0.3) is 0 Å². The highest BCUT2D eigenvalue weighted by Crippen LogP contribution is 2.12. The summed E-state index contributed by atoms with van der Waals surface area (Å²) in [7, 11) is 0. The summed E-state index contributed by atoms with van der Waals surface area (Å²) in [6.45, 7) is -1.64. The van der Waals surface area contributed by atoms with Crippen molar-refractivity contribution in [1.82, 2.24) is 37.2 Å². The number of hydrogen-bond donors (Lipinski definition) is 14. The molecule has 5 unspecified atom stereocenters. The lowest BCUT2D eigenvalue weighted by atomic mass is 10.0. The number of thioether (sulfide) groups is 1. The molecule has 0 aliphatic heterocycles. The van der Waals surface area contributed by atoms with Crippen molar-refractivity contribution in [3.05, 3.63) is 65.7 Å². The van der Waals surface area contributed by atoms with E-state index in [-0.39, 0.29) is 75.7 Å². The molecule has 0 aliphatic carbocycles. The maximum absolute atomic E-state index is 14.0. The van der Waals surface area contributed by atoms with Gasteiger partial charge in [0, 0.05) is 19.5 Å². The van der Waals surface area contributed by atoms with Crippen LogP contribution in [0.5, 0.6) is 5.75 Å². The van der Waals surface area contributed by atoms with E-state index < -0.39 is 97.2 Å². The number of benzene rings is 2. The number of carbonyl (C=O) groups is 8. The Kier molecular flexibility index (Phi) is 25.1. The number of phenolic OH excluding ortho intramolecular Hbond substituents is 1. The lowest BCUT2D eigenvalue weighted by molar-refractivity contribution is -0.138. The zero-order valence-electron chi connectivity index (χ0n) is 36.6. The summed E-state index contributed by atoms with van der Waals surface area (Å²) in [5, 5.41) is 36.1. The third-order valence-electron chi connectivity index (χ3n) is 9.35. The Labute approximate surface area is 385 Å². The van der Waals surface area contributed by atoms with E-state index in [1.165, 1.54) is 23.9 Å². The fourth-order valence-electron chi connectivity index (χ4n) is 5.98. The Morgan fingerprint density at radius 3 is 1.59 bits per heavy atom. The summed E-state index contributed by atoms with van der Waals surface area (Å²) in [4.78, 5) is 112. The molecule has 0 aliphatic rings. The summed E-state index contributed by atoms with van der Waals surface area (Å²) in [5.41, 5.74) is 29.0. The van der Waals surface area contributed by atoms with E-state index in [1.807, 2.05) is 0 Å². The molecule has 362 valence electrons. The Balaban J connectivity index is 2.22. The number of guanidine groups is 2. The maximum Gasteiger partial charge on any atom is 0.322 e. The topological polar surface area (TPSA) is 416 Å². The second kappa shape index (κ2) is 30.1. The largest absolute Gasteiger partial charge is 0.508 e. The molecule has 0 radical (unpaired) electrons. The van der Waals surface area contributed by atoms with Gasteiger partial charge in [0.15, 0.2) is 11.9 Å². The number of aromatic hydroxyl groups is 1. The van der Waals surface area contributed by atoms with Crippen LogP contribution >= 0.6 is 11.8 Å². The van der Waals surface area contributed by atoms with E-state index in [0.29, 0.717) is 16.9 Å². The number of hydrogen-bond acceptors (Lipinski definition) is 13. The van der Waals surface area contributed by atoms with Gasteiger partial charge in [0.1, 0.15) is 36.5 Å². The van der Waals surface area contributed by atoms with E-state index in [4.69, 9.17) is 33.8 Å². The minimum Gasteiger partial charge on any atom is -0.508 e. The number of aliphatic imine (C=N–C) groups is 2. The van der Waals surface area contributed by atoms with Crippen molar-refractivity contribution in [2.45, 2.75) is 75.2 Å². The second-order valence-electron chi connectivity index (χ2n) is 14.8. The molecule has 0 saturated carbocycles. The molecule has 0 saturated heterocycles. The Bertz CT molecular complexity index is 1980. The minimum absolute atomic E-state index is 0.0124. The molecule has 7 amide bonds. The van der Waals surface area contributed by atoms with Crippen LogP contribution in [0.4, 0.5) is 0 Å². The lowest BCUT2D eigenvalue weighted by Gasteiger charge is -2.26. The molecule has 0 aromatic heterocycles. The molecule has 2 aromatic rings. The first-order valence-electron chi connectivity index (χ1n) is 20.8. The number of nitrogens with one attached hydrogen (secondary N) is 7. The Morgan fingerprint density at radius 1 is 0.576 bits per heavy atom. The van der Waals surface area contributed by atoms with Gasteiger partial charge in [0.2, 0.25) is 41.4 Å². The van der Waals surface area contributed by atoms with Gasteiger partial charge in [-0.05, 0) is 73.8 Å². The second-order valence-corrected chi connectivity index (χ2v) is 15.7. The molecule has 66 heavy (non-hydrogen) atoms. The number of amides is 7. The summed E-state index contributed by atoms with van der Waals surface area (Å²) >= 11 is 1.38. The van der Waals surface area contributed by atoms with Crippen molar-refractivity contribution in [2.75, 3.05) is 44.7 Å². The highest BCUT2D eigenvalue weighted by atomic mass is 32.2. The van der Waals surface area contributed by atoms with Crippen LogP contribution in [0.1, 0.15) is 43.2 Å². The third kappa shape index (κ3) is 23.0. The molecule has 2 rings (SSSR count). The normalized spacial score (nSPS) is 12.9. The summed E-state index contributed by atoms with van der Waals surface area (Å²) in [6.07, 6.45) is 2.31. The number of phenols is 1. The van der Waals surface area contributed by atoms with Gasteiger partial charge >= 0.3 is 5.97 Å². The smallest absolute Gasteiger partial charge is 0.322 e. The first kappa shape index (κ1) is 55.0. The highest BCUT2D eigenvalue weighted by Gasteiger charge is 2.31. The number of rotatable bonds is 30. The molecule has 24 nitrogen and oxygen atoms in total. The summed E-state index contributed by atoms with van der Waals surface area (Å²) < 4.78 is 0. The van der Waals surface area contributed by atoms with Crippen molar-refractivity contribution in [3.63, 3.8) is 0 Å². The quantitative estimate of drug-likeness (QED) is 0.0200. The molecule has 0 fully saturated rings. The molecule has 2 aromatic carbocycles. The summed E-state index contributed by atoms with van der Waals surface area (Å²) in [5.74, 6) is -6.57. The third-order valence-corrected chi connectivity index (χ3v) is 9.99. The lowest BCUT2D eigenvalue weighted by Crippen LogP contribution is -2.59. The number of carboxylic acid groups (broad SMARTS) is 1. The van der Waals surface area contributed by atoms with Crippen LogP contribution in [-0.2, 0) is 51.2 Å². The number of carboxylic acids is 1. The van der Waals surface area contributed by atoms with E-state index >= 15 is 0 Å². The minimum atomic E-state index is -1.32. The number of nitrogens with two attached hydrogens (primary N) is 5. The van der Waals surface area contributed by atoms with Crippen LogP contribution in [0, 0.1) is 0 Å². The Morgan fingerprint density at radius 2 is 1.06 bits per heavy atom. The van der Waals surface area contributed by atoms with E-state index in [2.05, 4.69) is 47.2 Å². The van der Waals surface area contributed by atoms with Gasteiger partial charge < -0.3 is 76.1 Å². The average molecular weight is 943 g/mol. The standard InChI is InChI=1S/C41H62N14O10S/c1-66-18-15-30(38(64)54-29(10-6-17-48-41(45)46)37(63)53-28(9-5-16-47-40(43)44)36(62)51-23-34(59)60)55-39(65)31(20-24-7-3-2-4-8-24)52-33(58)22-49-32(57)21-50-35(61)27(42)19-25-11-13-26(56)14-12-25/h2-4,7-8,11-14,27-31,56H,5-6,9-10,15-23,42H2,1H3,(H,49,57)(H,50,61)(H,51,62)(H,52,58)(H,53,63)(H,54,64)(H,55,65)(H,59,60)(H4,43,44,47)(H4,45,46,48). The van der Waals surface area contributed by atoms with Gasteiger partial charge in [-0.2, -0.15) is 11.8 Å². The van der Waals surface area contributed by atoms with Crippen molar-refractivity contribution in [3.8, 4) is 5.75 Å². The predicted octanol–water partition coefficient (Wildman–Crippen LogP) is -4.26. The fourth-order valence-corrected chi connectivity index (χ4v) is 6.45. The van der Waals surface area contributed by atoms with E-state index in [1.54, 1.807) is 48.7 Å². The zero-order valence-corrected chi connectivity index (χ0v) is 37.4. The number of aliphatic carboxylic acids is 1. The molecule has 0 spiro atoms. The van der Waals surface area contributed by atoms with Crippen molar-refractivity contribution < 1.29 is 48.6 Å². The molecule has 0 bridgehead atoms. The van der Waals surface area contributed by atoms with Crippen LogP contribution < -0.4 is 65.9 Å². The first-order chi connectivity index (χ1) is 31.4. The highest BCUT2D eigenvalue weighted by molar-refractivity contribution is 7.98. The molecule has 19 N–H and O–H groups in total. The van der Waals surface area contributed by atoms with Crippen LogP contribution in [0.15, 0.2) is 64.6 Å². The van der Waals surface area contributed by atoms with Gasteiger partial charge in [0.25, 0.3) is 0 Å². The van der Waals surface area contributed by atoms with Gasteiger partial charge in [-0.3, -0.25) is 48.3 Å². The van der Waals surface area contributed by atoms with Crippen LogP contribution in [-0.4, -0.2) is 144 Å². The zero-order chi connectivity index (χ0) is 49.0. The van der Waals surface area contributed by atoms with Gasteiger partial charge in [-0.1, -0.05) is 42.5 Å². The molecule has 25 heteroatoms. The van der Waals surface area contributed by atoms with Crippen molar-refractivity contribution in [2.24, 2.45) is 38.7 Å². The van der Waals surface area contributed by atoms with E-state index in [0.717, 1.165) is 0 Å². The predicted molar refractivity (Wildman–Crippen MR) is 247 cm³/mol. The number of carbonyl (C=O) groups excluding carboxylic acids is 7. The molecular weight excluding hydrogens is 881 g/mol. The molecule has 5 atom stereocenters. The van der Waals surface area contributed by atoms with Crippen LogP contribution in [0.2, 0.25) is 0 Å². The van der Waals surface area contributed by atoms with Gasteiger partial charge in [0.05, 0.1) is 19.1 Å². The Hall–Kier alpha value is -7.15.